The highest BCUT2D eigenvalue weighted by Crippen LogP contribution is 2.35. The summed E-state index contributed by atoms with van der Waals surface area (Å²) in [6.45, 7) is 0. The fraction of sp³-hybridized carbons (Fsp3) is 0. The van der Waals surface area contributed by atoms with E-state index in [2.05, 4.69) is 9.56 Å². The molecule has 0 amide bonds. The number of carbonyl (C=O) groups is 1. The molecule has 0 radical (unpaired) electrons. The Labute approximate surface area is 61.0 Å². The Morgan fingerprint density at radius 1 is 1.45 bits per heavy atom. The van der Waals surface area contributed by atoms with Crippen molar-refractivity contribution >= 4 is 13.8 Å². The zero-order valence-electron chi connectivity index (χ0n) is 5.08. The molecule has 0 aromatic carbocycles. The average Bonchev–Trinajstić information content (AvgIpc) is 1.83. The smallest absolute Gasteiger partial charge is 0.505 e. The molecule has 0 spiro atoms. The van der Waals surface area contributed by atoms with Gasteiger partial charge in [-0.15, -0.1) is 0 Å². The van der Waals surface area contributed by atoms with Crippen LogP contribution in [0.5, 0.6) is 0 Å². The Kier molecular flexibility index (Phi) is 3.77. The average molecular weight is 184 g/mol. The maximum atomic E-state index is 10.2. The second-order valence-corrected chi connectivity index (χ2v) is 2.41. The van der Waals surface area contributed by atoms with Gasteiger partial charge in [-0.25, -0.2) is 9.36 Å². The Hall–Kier alpha value is -0.880. The lowest BCUT2D eigenvalue weighted by atomic mass is 10.7. The molecule has 0 aliphatic carbocycles. The summed E-state index contributed by atoms with van der Waals surface area (Å²) in [5, 5.41) is 7.94. The number of phosphoric acid groups is 1. The van der Waals surface area contributed by atoms with Gasteiger partial charge in [-0.1, -0.05) is 4.67 Å². The quantitative estimate of drug-likeness (QED) is 0.180. The van der Waals surface area contributed by atoms with Crippen LogP contribution in [0.4, 0.5) is 0 Å². The van der Waals surface area contributed by atoms with Gasteiger partial charge >= 0.3 is 13.8 Å². The molecule has 8 heteroatoms. The monoisotopic (exact) mass is 184 g/mol. The Morgan fingerprint density at radius 2 is 2.00 bits per heavy atom. The molecule has 3 N–H and O–H groups in total. The largest absolute Gasteiger partial charge is 0.515 e. The van der Waals surface area contributed by atoms with E-state index in [4.69, 9.17) is 14.9 Å². The standard InChI is InChI=1S/C3H5O7P/c4-2-1-3(5)9-10-11(6,7)8/h1-2,4H,(H2,6,7,8). The van der Waals surface area contributed by atoms with Crippen molar-refractivity contribution in [3.8, 4) is 0 Å². The highest BCUT2D eigenvalue weighted by Gasteiger charge is 2.17. The van der Waals surface area contributed by atoms with Crippen molar-refractivity contribution in [2.75, 3.05) is 0 Å². The van der Waals surface area contributed by atoms with Crippen LogP contribution in [-0.2, 0) is 18.9 Å². The molecule has 0 rings (SSSR count). The molecule has 11 heavy (non-hydrogen) atoms. The lowest BCUT2D eigenvalue weighted by Crippen LogP contribution is -2.00. The molecule has 0 aliphatic heterocycles. The first-order valence-electron chi connectivity index (χ1n) is 2.22. The normalized spacial score (nSPS) is 11.8. The maximum absolute atomic E-state index is 10.2. The van der Waals surface area contributed by atoms with Crippen LogP contribution in [-0.4, -0.2) is 20.9 Å². The lowest BCUT2D eigenvalue weighted by molar-refractivity contribution is -0.216. The highest BCUT2D eigenvalue weighted by molar-refractivity contribution is 7.46. The van der Waals surface area contributed by atoms with E-state index in [1.165, 1.54) is 0 Å². The third-order valence-corrected chi connectivity index (χ3v) is 0.696. The van der Waals surface area contributed by atoms with E-state index < -0.39 is 13.8 Å². The van der Waals surface area contributed by atoms with Gasteiger partial charge in [0, 0.05) is 0 Å². The van der Waals surface area contributed by atoms with Crippen molar-refractivity contribution in [3.63, 3.8) is 0 Å². The third kappa shape index (κ3) is 7.01. The first kappa shape index (κ1) is 10.1. The number of aliphatic hydroxyl groups excluding tert-OH is 1. The number of rotatable bonds is 3. The van der Waals surface area contributed by atoms with Gasteiger partial charge in [-0.05, 0) is 0 Å². The molecule has 0 heterocycles. The van der Waals surface area contributed by atoms with Gasteiger partial charge in [0.15, 0.2) is 0 Å². The first-order valence-corrected chi connectivity index (χ1v) is 3.75. The molecule has 0 saturated carbocycles. The van der Waals surface area contributed by atoms with Crippen LogP contribution >= 0.6 is 7.82 Å². The van der Waals surface area contributed by atoms with Crippen molar-refractivity contribution in [1.29, 1.82) is 0 Å². The Morgan fingerprint density at radius 3 is 2.36 bits per heavy atom. The summed E-state index contributed by atoms with van der Waals surface area (Å²) >= 11 is 0. The van der Waals surface area contributed by atoms with Crippen molar-refractivity contribution in [2.45, 2.75) is 0 Å². The maximum Gasteiger partial charge on any atom is 0.505 e. The van der Waals surface area contributed by atoms with Crippen LogP contribution in [0.3, 0.4) is 0 Å². The first-order chi connectivity index (χ1) is 4.95. The molecule has 0 saturated heterocycles. The van der Waals surface area contributed by atoms with Crippen LogP contribution in [0, 0.1) is 0 Å². The predicted octanol–water partition coefficient (Wildman–Crippen LogP) is -0.374. The van der Waals surface area contributed by atoms with Crippen LogP contribution in [0.2, 0.25) is 0 Å². The SMILES string of the molecule is O=C(C=CO)OOP(=O)(O)O. The van der Waals surface area contributed by atoms with Crippen LogP contribution in [0.25, 0.3) is 0 Å². The van der Waals surface area contributed by atoms with E-state index in [1.807, 2.05) is 0 Å². The van der Waals surface area contributed by atoms with Gasteiger partial charge in [0.25, 0.3) is 0 Å². The fourth-order valence-corrected chi connectivity index (χ4v) is 0.344. The summed E-state index contributed by atoms with van der Waals surface area (Å²) < 4.78 is 13.1. The molecular formula is C3H5O7P. The molecule has 7 nitrogen and oxygen atoms in total. The van der Waals surface area contributed by atoms with Gasteiger partial charge < -0.3 is 14.9 Å². The van der Waals surface area contributed by atoms with E-state index in [0.717, 1.165) is 0 Å². The van der Waals surface area contributed by atoms with Crippen molar-refractivity contribution in [1.82, 2.24) is 0 Å². The number of hydrogen-bond acceptors (Lipinski definition) is 5. The van der Waals surface area contributed by atoms with Gasteiger partial charge in [-0.2, -0.15) is 0 Å². The summed E-state index contributed by atoms with van der Waals surface area (Å²) in [5.74, 6) is -1.23. The summed E-state index contributed by atoms with van der Waals surface area (Å²) in [4.78, 5) is 29.6. The summed E-state index contributed by atoms with van der Waals surface area (Å²) in [7, 11) is -4.80. The van der Waals surface area contributed by atoms with E-state index in [-0.39, 0.29) is 0 Å². The Bertz CT molecular complexity index is 202. The molecular weight excluding hydrogens is 179 g/mol. The number of aliphatic hydroxyl groups is 1. The zero-order chi connectivity index (χ0) is 8.91. The van der Waals surface area contributed by atoms with Gasteiger partial charge in [0.05, 0.1) is 12.3 Å². The van der Waals surface area contributed by atoms with Gasteiger partial charge in [0.2, 0.25) is 0 Å². The summed E-state index contributed by atoms with van der Waals surface area (Å²) in [5.41, 5.74) is 0. The van der Waals surface area contributed by atoms with Gasteiger partial charge in [-0.3, -0.25) is 4.89 Å². The predicted molar refractivity (Wildman–Crippen MR) is 31.0 cm³/mol. The highest BCUT2D eigenvalue weighted by atomic mass is 31.2. The zero-order valence-corrected chi connectivity index (χ0v) is 5.97. The van der Waals surface area contributed by atoms with Crippen LogP contribution in [0.1, 0.15) is 0 Å². The van der Waals surface area contributed by atoms with Crippen LogP contribution in [0.15, 0.2) is 12.3 Å². The second kappa shape index (κ2) is 4.09. The third-order valence-electron chi connectivity index (χ3n) is 0.427. The second-order valence-electron chi connectivity index (χ2n) is 1.28. The van der Waals surface area contributed by atoms with Crippen molar-refractivity contribution in [2.24, 2.45) is 0 Å². The molecule has 0 atom stereocenters. The van der Waals surface area contributed by atoms with E-state index in [9.17, 15) is 9.36 Å². The van der Waals surface area contributed by atoms with E-state index in [1.54, 1.807) is 0 Å². The van der Waals surface area contributed by atoms with Crippen LogP contribution < -0.4 is 0 Å². The minimum absolute atomic E-state index is 0.339. The minimum Gasteiger partial charge on any atom is -0.515 e. The summed E-state index contributed by atoms with van der Waals surface area (Å²) in [6.07, 6.45) is 0.848. The number of carbonyl (C=O) groups excluding carboxylic acids is 1. The van der Waals surface area contributed by atoms with Gasteiger partial charge in [0.1, 0.15) is 0 Å². The number of hydrogen-bond donors (Lipinski definition) is 3. The van der Waals surface area contributed by atoms with E-state index in [0.29, 0.717) is 12.3 Å². The Balaban J connectivity index is 3.72. The van der Waals surface area contributed by atoms with Crippen molar-refractivity contribution in [3.05, 3.63) is 12.3 Å². The minimum atomic E-state index is -4.80. The molecule has 0 aliphatic rings. The molecule has 64 valence electrons. The van der Waals surface area contributed by atoms with E-state index >= 15 is 0 Å². The van der Waals surface area contributed by atoms with Crippen molar-refractivity contribution < 1.29 is 33.8 Å². The molecule has 0 fully saturated rings. The fourth-order valence-electron chi connectivity index (χ4n) is 0.174. The molecule has 0 aromatic rings. The lowest BCUT2D eigenvalue weighted by Gasteiger charge is -1.99. The summed E-state index contributed by atoms with van der Waals surface area (Å²) in [6, 6.07) is 0. The topological polar surface area (TPSA) is 113 Å². The molecule has 0 bridgehead atoms. The molecule has 0 unspecified atom stereocenters. The molecule has 0 aromatic heterocycles.